The molecular weight excluding hydrogens is 582 g/mol. The van der Waals surface area contributed by atoms with Crippen LogP contribution in [0.2, 0.25) is 0 Å². The monoisotopic (exact) mass is 602 g/mol. The maximum absolute atomic E-state index is 13.5. The van der Waals surface area contributed by atoms with Crippen molar-refractivity contribution in [1.82, 2.24) is 9.80 Å². The number of nitrogens with zero attached hydrogens (tertiary/aromatic N) is 3. The molecule has 222 valence electrons. The average Bonchev–Trinajstić information content (AvgIpc) is 3.08. The fourth-order valence-corrected chi connectivity index (χ4v) is 4.91. The quantitative estimate of drug-likeness (QED) is 0.426. The number of anilines is 1. The van der Waals surface area contributed by atoms with Crippen molar-refractivity contribution >= 4 is 23.4 Å². The fraction of sp³-hybridized carbons (Fsp3) is 0.241. The smallest absolute Gasteiger partial charge is 0.417 e. The zero-order valence-corrected chi connectivity index (χ0v) is 21.9. The van der Waals surface area contributed by atoms with Gasteiger partial charge in [0.2, 0.25) is 5.91 Å². The van der Waals surface area contributed by atoms with Gasteiger partial charge in [0, 0.05) is 13.1 Å². The topological polar surface area (TPSA) is 103 Å². The number of ether oxygens (including phenoxy) is 1. The standard InChI is InChI=1S/C29H20F6N4O4/c30-28(31,32)19-3-1-2-16(10-19)17-5-7-23-21(11-17)27(42)39-9-8-38(14-24(39)26(41)37-23)25(40)15-43-20-6-4-18(13-36)22(12-20)29(33,34)35/h1-7,10-12,24H,8-9,14-15H2,(H,37,41). The highest BCUT2D eigenvalue weighted by Crippen LogP contribution is 2.36. The van der Waals surface area contributed by atoms with Crippen molar-refractivity contribution < 1.29 is 45.5 Å². The van der Waals surface area contributed by atoms with Crippen molar-refractivity contribution in [2.24, 2.45) is 0 Å². The van der Waals surface area contributed by atoms with Crippen LogP contribution in [0, 0.1) is 11.3 Å². The van der Waals surface area contributed by atoms with Crippen LogP contribution >= 0.6 is 0 Å². The third-order valence-corrected chi connectivity index (χ3v) is 7.11. The molecule has 0 aromatic heterocycles. The normalized spacial score (nSPS) is 16.9. The molecule has 0 spiro atoms. The molecule has 1 N–H and O–H groups in total. The van der Waals surface area contributed by atoms with Crippen LogP contribution in [0.4, 0.5) is 32.0 Å². The molecule has 14 heteroatoms. The van der Waals surface area contributed by atoms with E-state index in [0.717, 1.165) is 24.3 Å². The lowest BCUT2D eigenvalue weighted by atomic mass is 9.99. The number of hydrogen-bond donors (Lipinski definition) is 1. The van der Waals surface area contributed by atoms with E-state index in [4.69, 9.17) is 10.00 Å². The largest absolute Gasteiger partial charge is 0.484 e. The highest BCUT2D eigenvalue weighted by Gasteiger charge is 2.41. The molecule has 3 aromatic carbocycles. The fourth-order valence-electron chi connectivity index (χ4n) is 4.91. The molecule has 0 saturated carbocycles. The van der Waals surface area contributed by atoms with Crippen molar-refractivity contribution in [1.29, 1.82) is 5.26 Å². The first-order valence-electron chi connectivity index (χ1n) is 12.7. The molecule has 1 atom stereocenters. The van der Waals surface area contributed by atoms with Gasteiger partial charge in [-0.15, -0.1) is 0 Å². The summed E-state index contributed by atoms with van der Waals surface area (Å²) in [7, 11) is 0. The van der Waals surface area contributed by atoms with Gasteiger partial charge in [0.1, 0.15) is 11.8 Å². The van der Waals surface area contributed by atoms with Gasteiger partial charge in [-0.2, -0.15) is 31.6 Å². The molecule has 43 heavy (non-hydrogen) atoms. The Morgan fingerprint density at radius 2 is 1.70 bits per heavy atom. The van der Waals surface area contributed by atoms with Crippen molar-refractivity contribution in [2.45, 2.75) is 18.4 Å². The van der Waals surface area contributed by atoms with E-state index in [1.54, 1.807) is 0 Å². The zero-order valence-electron chi connectivity index (χ0n) is 21.9. The van der Waals surface area contributed by atoms with E-state index in [-0.39, 0.29) is 42.2 Å². The number of hydrogen-bond acceptors (Lipinski definition) is 5. The molecule has 1 saturated heterocycles. The third kappa shape index (κ3) is 5.97. The molecule has 0 radical (unpaired) electrons. The minimum absolute atomic E-state index is 0.0124. The number of amides is 3. The van der Waals surface area contributed by atoms with E-state index >= 15 is 0 Å². The van der Waals surface area contributed by atoms with E-state index in [1.807, 2.05) is 0 Å². The van der Waals surface area contributed by atoms with Crippen LogP contribution in [0.3, 0.4) is 0 Å². The number of carbonyl (C=O) groups excluding carboxylic acids is 3. The van der Waals surface area contributed by atoms with Gasteiger partial charge in [0.15, 0.2) is 6.61 Å². The Hall–Kier alpha value is -5.06. The molecule has 2 aliphatic rings. The number of carbonyl (C=O) groups is 3. The molecule has 2 aliphatic heterocycles. The third-order valence-electron chi connectivity index (χ3n) is 7.11. The highest BCUT2D eigenvalue weighted by atomic mass is 19.4. The summed E-state index contributed by atoms with van der Waals surface area (Å²) in [6, 6.07) is 11.9. The number of nitrogens with one attached hydrogen (secondary N) is 1. The van der Waals surface area contributed by atoms with Crippen molar-refractivity contribution in [3.8, 4) is 22.9 Å². The molecule has 0 bridgehead atoms. The SMILES string of the molecule is N#Cc1ccc(OCC(=O)N2CCN3C(=O)c4cc(-c5cccc(C(F)(F)F)c5)ccc4NC(=O)C3C2)cc1C(F)(F)F. The summed E-state index contributed by atoms with van der Waals surface area (Å²) in [6.45, 7) is -0.964. The molecule has 3 amide bonds. The lowest BCUT2D eigenvalue weighted by Crippen LogP contribution is -2.60. The van der Waals surface area contributed by atoms with Crippen molar-refractivity contribution in [3.63, 3.8) is 0 Å². The van der Waals surface area contributed by atoms with Crippen LogP contribution in [-0.4, -0.2) is 59.8 Å². The zero-order chi connectivity index (χ0) is 31.1. The Labute approximate surface area is 240 Å². The molecule has 1 fully saturated rings. The summed E-state index contributed by atoms with van der Waals surface area (Å²) in [5.41, 5.74) is -1.90. The summed E-state index contributed by atoms with van der Waals surface area (Å²) in [4.78, 5) is 41.9. The number of piperazine rings is 1. The second-order valence-electron chi connectivity index (χ2n) is 9.79. The number of nitriles is 1. The summed E-state index contributed by atoms with van der Waals surface area (Å²) < 4.78 is 84.6. The Kier molecular flexibility index (Phi) is 7.51. The maximum Gasteiger partial charge on any atom is 0.417 e. The van der Waals surface area contributed by atoms with E-state index < -0.39 is 59.4 Å². The molecule has 5 rings (SSSR count). The minimum Gasteiger partial charge on any atom is -0.484 e. The van der Waals surface area contributed by atoms with E-state index in [9.17, 15) is 40.7 Å². The number of benzene rings is 3. The number of rotatable bonds is 4. The van der Waals surface area contributed by atoms with Crippen molar-refractivity contribution in [2.75, 3.05) is 31.6 Å². The van der Waals surface area contributed by atoms with Gasteiger partial charge in [-0.1, -0.05) is 18.2 Å². The van der Waals surface area contributed by atoms with Crippen LogP contribution in [0.15, 0.2) is 60.7 Å². The average molecular weight is 602 g/mol. The number of fused-ring (bicyclic) bond motifs is 2. The van der Waals surface area contributed by atoms with Crippen molar-refractivity contribution in [3.05, 3.63) is 82.9 Å². The van der Waals surface area contributed by atoms with E-state index in [0.29, 0.717) is 11.6 Å². The minimum atomic E-state index is -4.81. The molecule has 3 aromatic rings. The molecule has 2 heterocycles. The van der Waals surface area contributed by atoms with Gasteiger partial charge in [-0.05, 0) is 53.6 Å². The van der Waals surface area contributed by atoms with Gasteiger partial charge in [0.25, 0.3) is 11.8 Å². The van der Waals surface area contributed by atoms with Crippen LogP contribution in [0.1, 0.15) is 27.0 Å². The van der Waals surface area contributed by atoms with Crippen LogP contribution < -0.4 is 10.1 Å². The summed E-state index contributed by atoms with van der Waals surface area (Å²) in [6.07, 6.45) is -9.37. The lowest BCUT2D eigenvalue weighted by Gasteiger charge is -2.39. The second kappa shape index (κ2) is 11.0. The molecular formula is C29H20F6N4O4. The number of alkyl halides is 6. The first-order chi connectivity index (χ1) is 20.3. The van der Waals surface area contributed by atoms with E-state index in [2.05, 4.69) is 5.32 Å². The van der Waals surface area contributed by atoms with Crippen LogP contribution in [0.25, 0.3) is 11.1 Å². The first-order valence-corrected chi connectivity index (χ1v) is 12.7. The van der Waals surface area contributed by atoms with Crippen LogP contribution in [0.5, 0.6) is 5.75 Å². The summed E-state index contributed by atoms with van der Waals surface area (Å²) >= 11 is 0. The predicted molar refractivity (Wildman–Crippen MR) is 139 cm³/mol. The van der Waals surface area contributed by atoms with Gasteiger partial charge in [0.05, 0.1) is 40.6 Å². The van der Waals surface area contributed by atoms with Gasteiger partial charge in [-0.25, -0.2) is 0 Å². The summed E-state index contributed by atoms with van der Waals surface area (Å²) in [5.74, 6) is -2.09. The van der Waals surface area contributed by atoms with Crippen LogP contribution in [-0.2, 0) is 21.9 Å². The molecule has 0 aliphatic carbocycles. The molecule has 8 nitrogen and oxygen atoms in total. The van der Waals surface area contributed by atoms with E-state index in [1.165, 1.54) is 46.2 Å². The molecule has 1 unspecified atom stereocenters. The predicted octanol–water partition coefficient (Wildman–Crippen LogP) is 4.95. The Bertz CT molecular complexity index is 1660. The highest BCUT2D eigenvalue weighted by molar-refractivity contribution is 6.10. The van der Waals surface area contributed by atoms with Gasteiger partial charge >= 0.3 is 12.4 Å². The summed E-state index contributed by atoms with van der Waals surface area (Å²) in [5, 5.41) is 11.6. The Morgan fingerprint density at radius 3 is 2.40 bits per heavy atom. The Morgan fingerprint density at radius 1 is 0.953 bits per heavy atom. The Balaban J connectivity index is 1.30. The first kappa shape index (κ1) is 29.4. The second-order valence-corrected chi connectivity index (χ2v) is 9.79. The van der Waals surface area contributed by atoms with Gasteiger partial charge in [-0.3, -0.25) is 14.4 Å². The maximum atomic E-state index is 13.5. The number of halogens is 6. The lowest BCUT2D eigenvalue weighted by molar-refractivity contribution is -0.138. The van der Waals surface area contributed by atoms with Gasteiger partial charge < -0.3 is 19.9 Å².